The van der Waals surface area contributed by atoms with Gasteiger partial charge in [-0.15, -0.1) is 0 Å². The lowest BCUT2D eigenvalue weighted by atomic mass is 10.1. The number of nitrogens with zero attached hydrogens (tertiary/aromatic N) is 2. The number of hydrogen-bond donors (Lipinski definition) is 3. The fourth-order valence-corrected chi connectivity index (χ4v) is 3.66. The molecule has 8 nitrogen and oxygen atoms in total. The third-order valence-electron chi connectivity index (χ3n) is 5.21. The minimum Gasteiger partial charge on any atom is -0.354 e. The Bertz CT molecular complexity index is 1120. The van der Waals surface area contributed by atoms with Crippen LogP contribution < -0.4 is 16.0 Å². The number of hydrogen-bond acceptors (Lipinski definition) is 4. The molecule has 1 aliphatic rings. The van der Waals surface area contributed by atoms with Crippen LogP contribution in [0, 0.1) is 6.92 Å². The molecule has 1 unspecified atom stereocenters. The summed E-state index contributed by atoms with van der Waals surface area (Å²) in [5, 5.41) is 8.33. The molecule has 3 aromatic rings. The van der Waals surface area contributed by atoms with Crippen molar-refractivity contribution < 1.29 is 14.4 Å². The minimum absolute atomic E-state index is 0.137. The molecule has 3 N–H and O–H groups in total. The van der Waals surface area contributed by atoms with Gasteiger partial charge in [-0.05, 0) is 37.6 Å². The lowest BCUT2D eigenvalue weighted by Gasteiger charge is -2.14. The Morgan fingerprint density at radius 3 is 2.77 bits per heavy atom. The molecule has 0 bridgehead atoms. The fraction of sp³-hybridized carbons (Fsp3) is 0.273. The van der Waals surface area contributed by atoms with Gasteiger partial charge in [0.15, 0.2) is 0 Å². The molecule has 154 valence electrons. The summed E-state index contributed by atoms with van der Waals surface area (Å²) in [4.78, 5) is 41.5. The van der Waals surface area contributed by atoms with Crippen molar-refractivity contribution in [1.82, 2.24) is 20.2 Å². The first-order chi connectivity index (χ1) is 14.5. The maximum absolute atomic E-state index is 12.4. The maximum atomic E-state index is 12.4. The van der Waals surface area contributed by atoms with E-state index in [1.807, 2.05) is 31.2 Å². The van der Waals surface area contributed by atoms with Gasteiger partial charge in [0.05, 0.1) is 22.3 Å². The monoisotopic (exact) mass is 405 g/mol. The lowest BCUT2D eigenvalue weighted by molar-refractivity contribution is -0.121. The van der Waals surface area contributed by atoms with E-state index in [4.69, 9.17) is 0 Å². The van der Waals surface area contributed by atoms with E-state index in [1.165, 1.54) is 0 Å². The molecule has 1 aromatic heterocycles. The number of imidazole rings is 1. The summed E-state index contributed by atoms with van der Waals surface area (Å²) >= 11 is 0. The van der Waals surface area contributed by atoms with Gasteiger partial charge in [-0.2, -0.15) is 0 Å². The molecule has 3 amide bonds. The van der Waals surface area contributed by atoms with Gasteiger partial charge < -0.3 is 20.5 Å². The van der Waals surface area contributed by atoms with Crippen LogP contribution in [0.25, 0.3) is 11.0 Å². The van der Waals surface area contributed by atoms with Crippen LogP contribution in [-0.2, 0) is 16.1 Å². The predicted molar refractivity (Wildman–Crippen MR) is 113 cm³/mol. The van der Waals surface area contributed by atoms with Gasteiger partial charge in [-0.25, -0.2) is 4.98 Å². The molecule has 0 spiro atoms. The average molecular weight is 405 g/mol. The molecule has 0 aliphatic carbocycles. The van der Waals surface area contributed by atoms with Gasteiger partial charge in [0.2, 0.25) is 11.8 Å². The van der Waals surface area contributed by atoms with E-state index < -0.39 is 6.04 Å². The van der Waals surface area contributed by atoms with Crippen LogP contribution in [-0.4, -0.2) is 39.9 Å². The van der Waals surface area contributed by atoms with Crippen LogP contribution >= 0.6 is 0 Å². The van der Waals surface area contributed by atoms with Crippen LogP contribution in [0.1, 0.15) is 29.0 Å². The molecule has 2 aromatic carbocycles. The second kappa shape index (κ2) is 8.36. The van der Waals surface area contributed by atoms with Gasteiger partial charge in [-0.3, -0.25) is 14.4 Å². The molecule has 30 heavy (non-hydrogen) atoms. The Balaban J connectivity index is 1.29. The van der Waals surface area contributed by atoms with Gasteiger partial charge >= 0.3 is 0 Å². The number of carbonyl (C=O) groups is 3. The maximum Gasteiger partial charge on any atom is 0.254 e. The highest BCUT2D eigenvalue weighted by molar-refractivity contribution is 6.09. The van der Waals surface area contributed by atoms with Gasteiger partial charge in [0, 0.05) is 19.5 Å². The first-order valence-corrected chi connectivity index (χ1v) is 9.92. The van der Waals surface area contributed by atoms with Crippen LogP contribution in [0.5, 0.6) is 0 Å². The first-order valence-electron chi connectivity index (χ1n) is 9.92. The molecule has 2 heterocycles. The average Bonchev–Trinajstić information content (AvgIpc) is 2.99. The number of amides is 3. The summed E-state index contributed by atoms with van der Waals surface area (Å²) in [6.45, 7) is 3.00. The number of anilines is 1. The zero-order chi connectivity index (χ0) is 21.1. The fourth-order valence-electron chi connectivity index (χ4n) is 3.66. The molecule has 0 radical (unpaired) electrons. The third kappa shape index (κ3) is 4.03. The largest absolute Gasteiger partial charge is 0.354 e. The normalized spacial score (nSPS) is 15.8. The smallest absolute Gasteiger partial charge is 0.254 e. The van der Waals surface area contributed by atoms with Crippen LogP contribution in [0.2, 0.25) is 0 Å². The summed E-state index contributed by atoms with van der Waals surface area (Å²) in [7, 11) is 0. The van der Waals surface area contributed by atoms with E-state index in [-0.39, 0.29) is 30.6 Å². The van der Waals surface area contributed by atoms with Crippen molar-refractivity contribution >= 4 is 34.4 Å². The molecule has 4 rings (SSSR count). The van der Waals surface area contributed by atoms with Crippen LogP contribution in [0.4, 0.5) is 5.69 Å². The summed E-state index contributed by atoms with van der Waals surface area (Å²) in [5.41, 5.74) is 2.86. The summed E-state index contributed by atoms with van der Waals surface area (Å²) in [6.07, 6.45) is 0.364. The number of carbonyl (C=O) groups excluding carboxylic acids is 3. The van der Waals surface area contributed by atoms with Gasteiger partial charge in [0.25, 0.3) is 5.91 Å². The van der Waals surface area contributed by atoms with Crippen LogP contribution in [0.15, 0.2) is 48.5 Å². The first kappa shape index (κ1) is 19.6. The molecule has 1 aliphatic heterocycles. The number of para-hydroxylation sites is 3. The number of rotatable bonds is 6. The molecule has 0 saturated carbocycles. The highest BCUT2D eigenvalue weighted by Gasteiger charge is 2.27. The van der Waals surface area contributed by atoms with Gasteiger partial charge in [-0.1, -0.05) is 24.3 Å². The van der Waals surface area contributed by atoms with Crippen molar-refractivity contribution in [3.8, 4) is 0 Å². The SMILES string of the molecule is Cc1nc2ccccc2n1CCNC(=O)CCC1NC(=O)c2ccccc2NC1=O. The molecule has 8 heteroatoms. The van der Waals surface area contributed by atoms with E-state index >= 15 is 0 Å². The summed E-state index contributed by atoms with van der Waals surface area (Å²) in [5.74, 6) is 0.0853. The summed E-state index contributed by atoms with van der Waals surface area (Å²) in [6, 6.07) is 13.9. The van der Waals surface area contributed by atoms with E-state index in [0.29, 0.717) is 24.3 Å². The molecule has 0 fully saturated rings. The van der Waals surface area contributed by atoms with E-state index in [9.17, 15) is 14.4 Å². The van der Waals surface area contributed by atoms with E-state index in [1.54, 1.807) is 24.3 Å². The van der Waals surface area contributed by atoms with E-state index in [2.05, 4.69) is 25.5 Å². The number of fused-ring (bicyclic) bond motifs is 2. The van der Waals surface area contributed by atoms with Crippen molar-refractivity contribution in [2.24, 2.45) is 0 Å². The highest BCUT2D eigenvalue weighted by atomic mass is 16.2. The highest BCUT2D eigenvalue weighted by Crippen LogP contribution is 2.19. The Labute approximate surface area is 173 Å². The Kier molecular flexibility index (Phi) is 5.47. The Morgan fingerprint density at radius 2 is 1.90 bits per heavy atom. The number of benzene rings is 2. The van der Waals surface area contributed by atoms with Crippen molar-refractivity contribution in [2.75, 3.05) is 11.9 Å². The zero-order valence-corrected chi connectivity index (χ0v) is 16.6. The second-order valence-corrected chi connectivity index (χ2v) is 7.25. The van der Waals surface area contributed by atoms with Crippen LogP contribution in [0.3, 0.4) is 0 Å². The zero-order valence-electron chi connectivity index (χ0n) is 16.6. The number of nitrogens with one attached hydrogen (secondary N) is 3. The molecule has 0 saturated heterocycles. The second-order valence-electron chi connectivity index (χ2n) is 7.25. The number of aromatic nitrogens is 2. The van der Waals surface area contributed by atoms with Crippen molar-refractivity contribution in [3.05, 3.63) is 59.9 Å². The van der Waals surface area contributed by atoms with Gasteiger partial charge in [0.1, 0.15) is 11.9 Å². The van der Waals surface area contributed by atoms with E-state index in [0.717, 1.165) is 16.9 Å². The Morgan fingerprint density at radius 1 is 1.13 bits per heavy atom. The van der Waals surface area contributed by atoms with Crippen molar-refractivity contribution in [2.45, 2.75) is 32.4 Å². The summed E-state index contributed by atoms with van der Waals surface area (Å²) < 4.78 is 2.06. The molecular weight excluding hydrogens is 382 g/mol. The molecule has 1 atom stereocenters. The molecular formula is C22H23N5O3. The van der Waals surface area contributed by atoms with Crippen molar-refractivity contribution in [1.29, 1.82) is 0 Å². The topological polar surface area (TPSA) is 105 Å². The van der Waals surface area contributed by atoms with Crippen molar-refractivity contribution in [3.63, 3.8) is 0 Å². The Hall–Kier alpha value is -3.68. The standard InChI is InChI=1S/C22H23N5O3/c1-14-24-17-8-4-5-9-19(17)27(14)13-12-23-20(28)11-10-18-22(30)25-16-7-3-2-6-15(16)21(29)26-18/h2-9,18H,10-13H2,1H3,(H,23,28)(H,25,30)(H,26,29). The lowest BCUT2D eigenvalue weighted by Crippen LogP contribution is -2.42. The predicted octanol–water partition coefficient (Wildman–Crippen LogP) is 1.99. The number of aryl methyl sites for hydroxylation is 1. The third-order valence-corrected chi connectivity index (χ3v) is 5.21. The minimum atomic E-state index is -0.754. The quantitative estimate of drug-likeness (QED) is 0.583.